The molecule has 4 heteroatoms. The Hall–Kier alpha value is -2.33. The van der Waals surface area contributed by atoms with Gasteiger partial charge in [0.25, 0.3) is 0 Å². The number of para-hydroxylation sites is 1. The summed E-state index contributed by atoms with van der Waals surface area (Å²) in [6, 6.07) is 20.3. The van der Waals surface area contributed by atoms with Gasteiger partial charge in [0.15, 0.2) is 0 Å². The lowest BCUT2D eigenvalue weighted by molar-refractivity contribution is 0.150. The molecule has 0 saturated carbocycles. The molecule has 0 spiro atoms. The first kappa shape index (κ1) is 17.5. The summed E-state index contributed by atoms with van der Waals surface area (Å²) < 4.78 is 5.48. The topological polar surface area (TPSA) is 32.8 Å². The fourth-order valence-electron chi connectivity index (χ4n) is 3.47. The van der Waals surface area contributed by atoms with E-state index in [1.807, 2.05) is 35.2 Å². The van der Waals surface area contributed by atoms with Crippen molar-refractivity contribution in [3.63, 3.8) is 0 Å². The van der Waals surface area contributed by atoms with Crippen LogP contribution in [0.4, 0.5) is 4.79 Å². The molecular formula is C21H26N2O2. The van der Waals surface area contributed by atoms with Crippen molar-refractivity contribution in [1.82, 2.24) is 9.80 Å². The first-order valence-corrected chi connectivity index (χ1v) is 9.08. The summed E-state index contributed by atoms with van der Waals surface area (Å²) in [6.45, 7) is 5.55. The number of nitrogens with zero attached hydrogens (tertiary/aromatic N) is 2. The van der Waals surface area contributed by atoms with Crippen LogP contribution in [-0.2, 0) is 0 Å². The van der Waals surface area contributed by atoms with Crippen molar-refractivity contribution < 1.29 is 9.53 Å². The summed E-state index contributed by atoms with van der Waals surface area (Å²) in [7, 11) is 0. The molecule has 0 radical (unpaired) electrons. The zero-order chi connectivity index (χ0) is 17.5. The highest BCUT2D eigenvalue weighted by molar-refractivity contribution is 5.70. The Morgan fingerprint density at radius 3 is 2.32 bits per heavy atom. The monoisotopic (exact) mass is 338 g/mol. The molecule has 2 aromatic rings. The van der Waals surface area contributed by atoms with E-state index >= 15 is 0 Å². The molecule has 25 heavy (non-hydrogen) atoms. The molecule has 1 saturated heterocycles. The van der Waals surface area contributed by atoms with E-state index in [9.17, 15) is 4.79 Å². The van der Waals surface area contributed by atoms with Crippen LogP contribution >= 0.6 is 0 Å². The van der Waals surface area contributed by atoms with Crippen LogP contribution in [-0.4, -0.2) is 42.1 Å². The van der Waals surface area contributed by atoms with Crippen molar-refractivity contribution in [2.45, 2.75) is 25.8 Å². The summed E-state index contributed by atoms with van der Waals surface area (Å²) in [5, 5.41) is 0. The highest BCUT2D eigenvalue weighted by atomic mass is 16.6. The standard InChI is InChI=1S/C21H26N2O2/c1-2-20(18-10-5-3-6-11-18)22-14-9-15-23(17-16-22)21(24)25-19-12-7-4-8-13-19/h3-8,10-13,20H,2,9,14-17H2,1H3/t20-/m0/s1. The van der Waals surface area contributed by atoms with Crippen LogP contribution in [0.5, 0.6) is 5.75 Å². The van der Waals surface area contributed by atoms with E-state index in [4.69, 9.17) is 4.74 Å². The third-order valence-electron chi connectivity index (χ3n) is 4.75. The molecule has 0 bridgehead atoms. The lowest BCUT2D eigenvalue weighted by Crippen LogP contribution is -2.37. The number of hydrogen-bond acceptors (Lipinski definition) is 3. The van der Waals surface area contributed by atoms with E-state index in [-0.39, 0.29) is 6.09 Å². The number of rotatable bonds is 4. The van der Waals surface area contributed by atoms with E-state index in [1.54, 1.807) is 0 Å². The van der Waals surface area contributed by atoms with Crippen molar-refractivity contribution in [1.29, 1.82) is 0 Å². The van der Waals surface area contributed by atoms with Gasteiger partial charge in [-0.1, -0.05) is 55.5 Å². The maximum atomic E-state index is 12.4. The van der Waals surface area contributed by atoms with Gasteiger partial charge >= 0.3 is 6.09 Å². The fourth-order valence-corrected chi connectivity index (χ4v) is 3.47. The maximum absolute atomic E-state index is 12.4. The van der Waals surface area contributed by atoms with E-state index < -0.39 is 0 Å². The lowest BCUT2D eigenvalue weighted by atomic mass is 10.0. The molecule has 132 valence electrons. The first-order chi connectivity index (χ1) is 12.3. The predicted molar refractivity (Wildman–Crippen MR) is 99.7 cm³/mol. The molecule has 1 atom stereocenters. The number of ether oxygens (including phenoxy) is 1. The highest BCUT2D eigenvalue weighted by Crippen LogP contribution is 2.25. The van der Waals surface area contributed by atoms with Gasteiger partial charge in [-0.25, -0.2) is 4.79 Å². The van der Waals surface area contributed by atoms with E-state index in [1.165, 1.54) is 5.56 Å². The van der Waals surface area contributed by atoms with Gasteiger partial charge in [-0.3, -0.25) is 4.90 Å². The second-order valence-corrected chi connectivity index (χ2v) is 6.39. The van der Waals surface area contributed by atoms with Crippen LogP contribution in [0.15, 0.2) is 60.7 Å². The van der Waals surface area contributed by atoms with Crippen LogP contribution < -0.4 is 4.74 Å². The minimum Gasteiger partial charge on any atom is -0.410 e. The highest BCUT2D eigenvalue weighted by Gasteiger charge is 2.25. The lowest BCUT2D eigenvalue weighted by Gasteiger charge is -2.30. The Morgan fingerprint density at radius 1 is 0.960 bits per heavy atom. The molecular weight excluding hydrogens is 312 g/mol. The molecule has 0 unspecified atom stereocenters. The summed E-state index contributed by atoms with van der Waals surface area (Å²) in [6.07, 6.45) is 1.78. The average Bonchev–Trinajstić information content (AvgIpc) is 2.90. The molecule has 1 amide bonds. The molecule has 1 aliphatic heterocycles. The molecule has 4 nitrogen and oxygen atoms in total. The van der Waals surface area contributed by atoms with Gasteiger partial charge < -0.3 is 9.64 Å². The first-order valence-electron chi connectivity index (χ1n) is 9.08. The number of hydrogen-bond donors (Lipinski definition) is 0. The Bertz CT molecular complexity index is 660. The van der Waals surface area contributed by atoms with Crippen molar-refractivity contribution in [3.8, 4) is 5.75 Å². The number of amides is 1. The molecule has 1 heterocycles. The van der Waals surface area contributed by atoms with Gasteiger partial charge in [-0.15, -0.1) is 0 Å². The molecule has 0 aromatic heterocycles. The Balaban J connectivity index is 1.61. The Morgan fingerprint density at radius 2 is 1.64 bits per heavy atom. The van der Waals surface area contributed by atoms with Crippen molar-refractivity contribution >= 4 is 6.09 Å². The van der Waals surface area contributed by atoms with Crippen molar-refractivity contribution in [2.75, 3.05) is 26.2 Å². The molecule has 1 aliphatic rings. The molecule has 0 N–H and O–H groups in total. The van der Waals surface area contributed by atoms with Gasteiger partial charge in [-0.05, 0) is 30.5 Å². The molecule has 2 aromatic carbocycles. The normalized spacial score (nSPS) is 16.9. The number of carbonyl (C=O) groups excluding carboxylic acids is 1. The van der Waals surface area contributed by atoms with E-state index in [0.29, 0.717) is 18.3 Å². The summed E-state index contributed by atoms with van der Waals surface area (Å²) in [4.78, 5) is 16.7. The van der Waals surface area contributed by atoms with Crippen molar-refractivity contribution in [3.05, 3.63) is 66.2 Å². The fraction of sp³-hybridized carbons (Fsp3) is 0.381. The van der Waals surface area contributed by atoms with Gasteiger partial charge in [0.05, 0.1) is 0 Å². The maximum Gasteiger partial charge on any atom is 0.415 e. The molecule has 1 fully saturated rings. The van der Waals surface area contributed by atoms with Crippen LogP contribution in [0, 0.1) is 0 Å². The minimum atomic E-state index is -0.249. The second-order valence-electron chi connectivity index (χ2n) is 6.39. The third kappa shape index (κ3) is 4.60. The Kier molecular flexibility index (Phi) is 6.07. The zero-order valence-electron chi connectivity index (χ0n) is 14.8. The van der Waals surface area contributed by atoms with Gasteiger partial charge in [0, 0.05) is 32.2 Å². The quantitative estimate of drug-likeness (QED) is 0.831. The van der Waals surface area contributed by atoms with Gasteiger partial charge in [0.1, 0.15) is 5.75 Å². The largest absolute Gasteiger partial charge is 0.415 e. The van der Waals surface area contributed by atoms with Crippen LogP contribution in [0.3, 0.4) is 0 Å². The van der Waals surface area contributed by atoms with E-state index in [0.717, 1.165) is 32.5 Å². The van der Waals surface area contributed by atoms with Gasteiger partial charge in [0.2, 0.25) is 0 Å². The number of benzene rings is 2. The average molecular weight is 338 g/mol. The SMILES string of the molecule is CC[C@@H](c1ccccc1)N1CCCN(C(=O)Oc2ccccc2)CC1. The van der Waals surface area contributed by atoms with Crippen molar-refractivity contribution in [2.24, 2.45) is 0 Å². The summed E-state index contributed by atoms with van der Waals surface area (Å²) in [5.74, 6) is 0.601. The van der Waals surface area contributed by atoms with Crippen LogP contribution in [0.2, 0.25) is 0 Å². The second kappa shape index (κ2) is 8.67. The van der Waals surface area contributed by atoms with Crippen LogP contribution in [0.25, 0.3) is 0 Å². The Labute approximate surface area is 150 Å². The summed E-state index contributed by atoms with van der Waals surface area (Å²) in [5.41, 5.74) is 1.35. The van der Waals surface area contributed by atoms with Crippen LogP contribution in [0.1, 0.15) is 31.4 Å². The van der Waals surface area contributed by atoms with E-state index in [2.05, 4.69) is 42.2 Å². The smallest absolute Gasteiger partial charge is 0.410 e. The third-order valence-corrected chi connectivity index (χ3v) is 4.75. The minimum absolute atomic E-state index is 0.249. The summed E-state index contributed by atoms with van der Waals surface area (Å²) >= 11 is 0. The molecule has 0 aliphatic carbocycles. The number of carbonyl (C=O) groups is 1. The molecule has 3 rings (SSSR count). The van der Waals surface area contributed by atoms with Gasteiger partial charge in [-0.2, -0.15) is 0 Å². The predicted octanol–water partition coefficient (Wildman–Crippen LogP) is 4.34. The zero-order valence-corrected chi connectivity index (χ0v) is 14.8.